The molecule has 0 saturated carbocycles. The highest BCUT2D eigenvalue weighted by Gasteiger charge is 2.34. The fourth-order valence-corrected chi connectivity index (χ4v) is 3.54. The maximum Gasteiger partial charge on any atom is 0.416 e. The van der Waals surface area contributed by atoms with E-state index < -0.39 is 21.6 Å². The number of benzene rings is 1. The molecule has 0 radical (unpaired) electrons. The van der Waals surface area contributed by atoms with Crippen LogP contribution < -0.4 is 10.2 Å². The fourth-order valence-electron chi connectivity index (χ4n) is 2.34. The van der Waals surface area contributed by atoms with Crippen molar-refractivity contribution in [2.75, 3.05) is 36.5 Å². The Kier molecular flexibility index (Phi) is 4.48. The highest BCUT2D eigenvalue weighted by molar-refractivity contribution is 7.91. The molecule has 0 unspecified atom stereocenters. The Balaban J connectivity index is 2.30. The number of hydrogen-bond donors (Lipinski definition) is 1. The van der Waals surface area contributed by atoms with Gasteiger partial charge >= 0.3 is 6.18 Å². The van der Waals surface area contributed by atoms with E-state index in [1.165, 1.54) is 6.07 Å². The Labute approximate surface area is 121 Å². The van der Waals surface area contributed by atoms with Gasteiger partial charge in [-0.25, -0.2) is 8.42 Å². The topological polar surface area (TPSA) is 49.4 Å². The Morgan fingerprint density at radius 1 is 1.24 bits per heavy atom. The van der Waals surface area contributed by atoms with Crippen LogP contribution in [0.3, 0.4) is 0 Å². The Hall–Kier alpha value is -1.28. The maximum atomic E-state index is 13.1. The van der Waals surface area contributed by atoms with E-state index in [1.54, 1.807) is 18.0 Å². The van der Waals surface area contributed by atoms with Crippen molar-refractivity contribution in [1.82, 2.24) is 5.32 Å². The summed E-state index contributed by atoms with van der Waals surface area (Å²) >= 11 is 0. The van der Waals surface area contributed by atoms with Crippen LogP contribution in [0.1, 0.15) is 11.1 Å². The van der Waals surface area contributed by atoms with E-state index in [4.69, 9.17) is 0 Å². The molecule has 2 rings (SSSR count). The molecule has 1 saturated heterocycles. The molecule has 1 aromatic rings. The van der Waals surface area contributed by atoms with E-state index >= 15 is 0 Å². The first-order chi connectivity index (χ1) is 9.73. The van der Waals surface area contributed by atoms with Crippen molar-refractivity contribution in [3.63, 3.8) is 0 Å². The number of halogens is 3. The molecule has 4 nitrogen and oxygen atoms in total. The summed E-state index contributed by atoms with van der Waals surface area (Å²) in [5, 5.41) is 2.71. The van der Waals surface area contributed by atoms with Gasteiger partial charge in [0.1, 0.15) is 0 Å². The average molecular weight is 322 g/mol. The van der Waals surface area contributed by atoms with Crippen LogP contribution in [0.2, 0.25) is 0 Å². The van der Waals surface area contributed by atoms with Gasteiger partial charge in [-0.05, 0) is 24.7 Å². The quantitative estimate of drug-likeness (QED) is 0.919. The maximum absolute atomic E-state index is 13.1. The molecule has 0 atom stereocenters. The minimum absolute atomic E-state index is 0.0212. The lowest BCUT2D eigenvalue weighted by Gasteiger charge is -2.29. The first kappa shape index (κ1) is 16.1. The summed E-state index contributed by atoms with van der Waals surface area (Å²) in [6, 6.07) is 4.15. The van der Waals surface area contributed by atoms with Gasteiger partial charge in [0.25, 0.3) is 0 Å². The third-order valence-electron chi connectivity index (χ3n) is 3.48. The lowest BCUT2D eigenvalue weighted by atomic mass is 10.1. The van der Waals surface area contributed by atoms with Gasteiger partial charge in [0.05, 0.1) is 17.1 Å². The van der Waals surface area contributed by atoms with Gasteiger partial charge in [0.15, 0.2) is 9.84 Å². The third kappa shape index (κ3) is 3.88. The van der Waals surface area contributed by atoms with E-state index in [0.29, 0.717) is 5.69 Å². The summed E-state index contributed by atoms with van der Waals surface area (Å²) in [5.41, 5.74) is -0.0850. The first-order valence-corrected chi connectivity index (χ1v) is 8.35. The smallest absolute Gasteiger partial charge is 0.369 e. The van der Waals surface area contributed by atoms with Crippen molar-refractivity contribution in [3.8, 4) is 0 Å². The molecule has 0 aromatic heterocycles. The molecular weight excluding hydrogens is 305 g/mol. The highest BCUT2D eigenvalue weighted by Crippen LogP contribution is 2.35. The molecule has 1 aliphatic rings. The molecule has 1 aromatic carbocycles. The number of alkyl halides is 3. The van der Waals surface area contributed by atoms with Crippen LogP contribution in [-0.4, -0.2) is 40.1 Å². The minimum atomic E-state index is -4.43. The zero-order chi connectivity index (χ0) is 15.7. The summed E-state index contributed by atoms with van der Waals surface area (Å²) in [5.74, 6) is -0.0424. The largest absolute Gasteiger partial charge is 0.416 e. The van der Waals surface area contributed by atoms with Gasteiger partial charge in [-0.2, -0.15) is 13.2 Å². The van der Waals surface area contributed by atoms with E-state index in [9.17, 15) is 21.6 Å². The molecule has 0 spiro atoms. The van der Waals surface area contributed by atoms with Crippen molar-refractivity contribution in [2.45, 2.75) is 12.7 Å². The van der Waals surface area contributed by atoms with E-state index in [2.05, 4.69) is 5.32 Å². The standard InChI is InChI=1S/C13H17F3N2O2S/c1-17-9-10-2-3-11(8-12(10)13(14,15)16)18-4-6-21(19,20)7-5-18/h2-3,8,17H,4-7,9H2,1H3. The van der Waals surface area contributed by atoms with Crippen molar-refractivity contribution < 1.29 is 21.6 Å². The number of sulfone groups is 1. The van der Waals surface area contributed by atoms with E-state index in [-0.39, 0.29) is 36.7 Å². The normalized spacial score (nSPS) is 18.8. The van der Waals surface area contributed by atoms with Crippen LogP contribution in [0.5, 0.6) is 0 Å². The summed E-state index contributed by atoms with van der Waals surface area (Å²) in [7, 11) is -1.47. The molecule has 0 aliphatic carbocycles. The van der Waals surface area contributed by atoms with Crippen LogP contribution in [-0.2, 0) is 22.6 Å². The zero-order valence-electron chi connectivity index (χ0n) is 11.6. The number of nitrogens with zero attached hydrogens (tertiary/aromatic N) is 1. The zero-order valence-corrected chi connectivity index (χ0v) is 12.4. The van der Waals surface area contributed by atoms with Gasteiger partial charge < -0.3 is 10.2 Å². The summed E-state index contributed by atoms with van der Waals surface area (Å²) in [6.45, 7) is 0.583. The molecule has 1 N–H and O–H groups in total. The second kappa shape index (κ2) is 5.84. The summed E-state index contributed by atoms with van der Waals surface area (Å²) in [6.07, 6.45) is -4.43. The Bertz CT molecular complexity index is 600. The molecule has 0 amide bonds. The lowest BCUT2D eigenvalue weighted by Crippen LogP contribution is -2.40. The summed E-state index contributed by atoms with van der Waals surface area (Å²) < 4.78 is 62.1. The molecule has 1 fully saturated rings. The predicted molar refractivity (Wildman–Crippen MR) is 75.1 cm³/mol. The third-order valence-corrected chi connectivity index (χ3v) is 5.08. The van der Waals surface area contributed by atoms with Crippen LogP contribution in [0.4, 0.5) is 18.9 Å². The van der Waals surface area contributed by atoms with E-state index in [0.717, 1.165) is 6.07 Å². The Morgan fingerprint density at radius 3 is 2.38 bits per heavy atom. The number of hydrogen-bond acceptors (Lipinski definition) is 4. The fraction of sp³-hybridized carbons (Fsp3) is 0.538. The van der Waals surface area contributed by atoms with Crippen molar-refractivity contribution in [1.29, 1.82) is 0 Å². The van der Waals surface area contributed by atoms with Crippen LogP contribution in [0.15, 0.2) is 18.2 Å². The van der Waals surface area contributed by atoms with Crippen LogP contribution in [0, 0.1) is 0 Å². The van der Waals surface area contributed by atoms with Crippen LogP contribution in [0.25, 0.3) is 0 Å². The molecule has 0 bridgehead atoms. The molecule has 8 heteroatoms. The molecular formula is C13H17F3N2O2S. The minimum Gasteiger partial charge on any atom is -0.369 e. The van der Waals surface area contributed by atoms with Gasteiger partial charge in [-0.3, -0.25) is 0 Å². The van der Waals surface area contributed by atoms with Gasteiger partial charge in [-0.15, -0.1) is 0 Å². The predicted octanol–water partition coefficient (Wildman–Crippen LogP) is 1.66. The van der Waals surface area contributed by atoms with Gasteiger partial charge in [0, 0.05) is 25.3 Å². The van der Waals surface area contributed by atoms with Crippen molar-refractivity contribution >= 4 is 15.5 Å². The number of nitrogens with one attached hydrogen (secondary N) is 1. The van der Waals surface area contributed by atoms with Crippen LogP contribution >= 0.6 is 0 Å². The van der Waals surface area contributed by atoms with Crippen molar-refractivity contribution in [2.24, 2.45) is 0 Å². The molecule has 118 valence electrons. The Morgan fingerprint density at radius 2 is 1.86 bits per heavy atom. The van der Waals surface area contributed by atoms with Gasteiger partial charge in [0.2, 0.25) is 0 Å². The second-order valence-electron chi connectivity index (χ2n) is 5.01. The molecule has 1 aliphatic heterocycles. The van der Waals surface area contributed by atoms with Crippen molar-refractivity contribution in [3.05, 3.63) is 29.3 Å². The average Bonchev–Trinajstić information content (AvgIpc) is 2.38. The summed E-state index contributed by atoms with van der Waals surface area (Å²) in [4.78, 5) is 1.68. The number of rotatable bonds is 3. The number of anilines is 1. The van der Waals surface area contributed by atoms with E-state index in [1.807, 2.05) is 0 Å². The lowest BCUT2D eigenvalue weighted by molar-refractivity contribution is -0.138. The molecule has 1 heterocycles. The SMILES string of the molecule is CNCc1ccc(N2CCS(=O)(=O)CC2)cc1C(F)(F)F. The van der Waals surface area contributed by atoms with Gasteiger partial charge in [-0.1, -0.05) is 6.07 Å². The monoisotopic (exact) mass is 322 g/mol. The second-order valence-corrected chi connectivity index (χ2v) is 7.31. The molecule has 21 heavy (non-hydrogen) atoms. The highest BCUT2D eigenvalue weighted by atomic mass is 32.2. The first-order valence-electron chi connectivity index (χ1n) is 6.53.